The van der Waals surface area contributed by atoms with Gasteiger partial charge < -0.3 is 10.1 Å². The molecule has 1 heterocycles. The summed E-state index contributed by atoms with van der Waals surface area (Å²) < 4.78 is 29.2. The van der Waals surface area contributed by atoms with Gasteiger partial charge >= 0.3 is 6.61 Å². The molecule has 2 unspecified atom stereocenters. The van der Waals surface area contributed by atoms with E-state index in [1.165, 1.54) is 12.8 Å². The molecular formula is C16H24F2N2O. The van der Waals surface area contributed by atoms with Crippen LogP contribution in [-0.2, 0) is 0 Å². The largest absolute Gasteiger partial charge is 0.435 e. The maximum atomic E-state index is 12.3. The van der Waals surface area contributed by atoms with E-state index in [0.29, 0.717) is 6.04 Å². The van der Waals surface area contributed by atoms with Crippen LogP contribution in [0.1, 0.15) is 38.3 Å². The predicted molar refractivity (Wildman–Crippen MR) is 79.8 cm³/mol. The second-order valence-corrected chi connectivity index (χ2v) is 5.46. The molecule has 0 bridgehead atoms. The van der Waals surface area contributed by atoms with Gasteiger partial charge in [0.05, 0.1) is 0 Å². The summed E-state index contributed by atoms with van der Waals surface area (Å²) in [6.45, 7) is 4.50. The van der Waals surface area contributed by atoms with Crippen LogP contribution in [0.3, 0.4) is 0 Å². The number of likely N-dealkylation sites (N-methyl/N-ethyl adjacent to an activating group) is 1. The maximum Gasteiger partial charge on any atom is 0.387 e. The Morgan fingerprint density at radius 2 is 2.24 bits per heavy atom. The normalized spacial score (nSPS) is 20.8. The fraction of sp³-hybridized carbons (Fsp3) is 0.625. The molecule has 1 aliphatic rings. The molecule has 0 saturated carbocycles. The number of ether oxygens (including phenoxy) is 1. The minimum absolute atomic E-state index is 0.182. The molecule has 2 rings (SSSR count). The SMILES string of the molecule is CCN(C1CCCNC1)C(C)c1cccc(OC(F)F)c1. The Kier molecular flexibility index (Phi) is 5.94. The Morgan fingerprint density at radius 3 is 2.86 bits per heavy atom. The van der Waals surface area contributed by atoms with Crippen molar-refractivity contribution in [2.24, 2.45) is 0 Å². The molecule has 3 nitrogen and oxygen atoms in total. The number of hydrogen-bond donors (Lipinski definition) is 1. The molecule has 21 heavy (non-hydrogen) atoms. The van der Waals surface area contributed by atoms with Gasteiger partial charge in [0.1, 0.15) is 5.75 Å². The van der Waals surface area contributed by atoms with E-state index in [4.69, 9.17) is 0 Å². The molecule has 0 aliphatic carbocycles. The lowest BCUT2D eigenvalue weighted by Gasteiger charge is -2.38. The minimum Gasteiger partial charge on any atom is -0.435 e. The van der Waals surface area contributed by atoms with E-state index in [9.17, 15) is 8.78 Å². The van der Waals surface area contributed by atoms with E-state index < -0.39 is 6.61 Å². The van der Waals surface area contributed by atoms with Crippen LogP contribution in [0.25, 0.3) is 0 Å². The zero-order valence-electron chi connectivity index (χ0n) is 12.7. The maximum absolute atomic E-state index is 12.3. The molecular weight excluding hydrogens is 274 g/mol. The zero-order chi connectivity index (χ0) is 15.2. The summed E-state index contributed by atoms with van der Waals surface area (Å²) in [4.78, 5) is 2.42. The van der Waals surface area contributed by atoms with Gasteiger partial charge in [-0.3, -0.25) is 4.90 Å². The van der Waals surface area contributed by atoms with Crippen molar-refractivity contribution < 1.29 is 13.5 Å². The number of alkyl halides is 2. The number of nitrogens with zero attached hydrogens (tertiary/aromatic N) is 1. The molecule has 1 saturated heterocycles. The Hall–Kier alpha value is -1.20. The first-order valence-corrected chi connectivity index (χ1v) is 7.63. The van der Waals surface area contributed by atoms with Gasteiger partial charge in [0, 0.05) is 18.6 Å². The number of halogens is 2. The zero-order valence-corrected chi connectivity index (χ0v) is 12.7. The Balaban J connectivity index is 2.10. The molecule has 1 fully saturated rings. The van der Waals surface area contributed by atoms with Crippen LogP contribution < -0.4 is 10.1 Å². The molecule has 2 atom stereocenters. The fourth-order valence-corrected chi connectivity index (χ4v) is 3.11. The molecule has 1 N–H and O–H groups in total. The first kappa shape index (κ1) is 16.2. The number of nitrogens with one attached hydrogen (secondary N) is 1. The minimum atomic E-state index is -2.78. The highest BCUT2D eigenvalue weighted by atomic mass is 19.3. The summed E-state index contributed by atoms with van der Waals surface area (Å²) in [6, 6.07) is 7.72. The second kappa shape index (κ2) is 7.71. The van der Waals surface area contributed by atoms with Gasteiger partial charge in [-0.1, -0.05) is 19.1 Å². The highest BCUT2D eigenvalue weighted by molar-refractivity contribution is 5.30. The van der Waals surface area contributed by atoms with Gasteiger partial charge in [0.25, 0.3) is 0 Å². The molecule has 5 heteroatoms. The summed E-state index contributed by atoms with van der Waals surface area (Å²) in [7, 11) is 0. The summed E-state index contributed by atoms with van der Waals surface area (Å²) in [5.74, 6) is 0.229. The summed E-state index contributed by atoms with van der Waals surface area (Å²) >= 11 is 0. The molecule has 1 aliphatic heterocycles. The van der Waals surface area contributed by atoms with Crippen molar-refractivity contribution in [3.8, 4) is 5.75 Å². The van der Waals surface area contributed by atoms with Crippen molar-refractivity contribution in [1.82, 2.24) is 10.2 Å². The smallest absolute Gasteiger partial charge is 0.387 e. The van der Waals surface area contributed by atoms with Gasteiger partial charge in [0.15, 0.2) is 0 Å². The van der Waals surface area contributed by atoms with Crippen LogP contribution in [0.5, 0.6) is 5.75 Å². The predicted octanol–water partition coefficient (Wildman–Crippen LogP) is 3.42. The van der Waals surface area contributed by atoms with Crippen LogP contribution in [0.2, 0.25) is 0 Å². The van der Waals surface area contributed by atoms with Gasteiger partial charge in [0.2, 0.25) is 0 Å². The van der Waals surface area contributed by atoms with Crippen LogP contribution in [0.4, 0.5) is 8.78 Å². The van der Waals surface area contributed by atoms with Crippen LogP contribution >= 0.6 is 0 Å². The summed E-state index contributed by atoms with van der Waals surface area (Å²) in [5.41, 5.74) is 1.01. The molecule has 0 aromatic heterocycles. The van der Waals surface area contributed by atoms with Crippen LogP contribution in [0, 0.1) is 0 Å². The van der Waals surface area contributed by atoms with E-state index in [1.54, 1.807) is 18.2 Å². The van der Waals surface area contributed by atoms with E-state index in [1.807, 2.05) is 6.07 Å². The van der Waals surface area contributed by atoms with E-state index in [0.717, 1.165) is 25.2 Å². The Bertz CT molecular complexity index is 436. The van der Waals surface area contributed by atoms with E-state index in [2.05, 4.69) is 28.8 Å². The second-order valence-electron chi connectivity index (χ2n) is 5.46. The van der Waals surface area contributed by atoms with Crippen molar-refractivity contribution >= 4 is 0 Å². The molecule has 0 spiro atoms. The molecule has 118 valence electrons. The van der Waals surface area contributed by atoms with Gasteiger partial charge in [-0.2, -0.15) is 8.78 Å². The number of hydrogen-bond acceptors (Lipinski definition) is 3. The summed E-state index contributed by atoms with van der Waals surface area (Å²) in [5, 5.41) is 3.43. The Morgan fingerprint density at radius 1 is 1.43 bits per heavy atom. The van der Waals surface area contributed by atoms with Gasteiger partial charge in [-0.15, -0.1) is 0 Å². The van der Waals surface area contributed by atoms with E-state index >= 15 is 0 Å². The molecule has 1 aromatic rings. The topological polar surface area (TPSA) is 24.5 Å². The monoisotopic (exact) mass is 298 g/mol. The Labute approximate surface area is 125 Å². The highest BCUT2D eigenvalue weighted by Gasteiger charge is 2.25. The van der Waals surface area contributed by atoms with Crippen molar-refractivity contribution in [2.75, 3.05) is 19.6 Å². The quantitative estimate of drug-likeness (QED) is 0.871. The highest BCUT2D eigenvalue weighted by Crippen LogP contribution is 2.27. The average Bonchev–Trinajstić information content (AvgIpc) is 2.48. The average molecular weight is 298 g/mol. The fourth-order valence-electron chi connectivity index (χ4n) is 3.11. The van der Waals surface area contributed by atoms with E-state index in [-0.39, 0.29) is 11.8 Å². The molecule has 0 radical (unpaired) electrons. The third kappa shape index (κ3) is 4.38. The first-order chi connectivity index (χ1) is 10.1. The van der Waals surface area contributed by atoms with Crippen molar-refractivity contribution in [3.05, 3.63) is 29.8 Å². The lowest BCUT2D eigenvalue weighted by Crippen LogP contribution is -2.46. The van der Waals surface area contributed by atoms with Crippen LogP contribution in [0.15, 0.2) is 24.3 Å². The van der Waals surface area contributed by atoms with Gasteiger partial charge in [-0.25, -0.2) is 0 Å². The lowest BCUT2D eigenvalue weighted by atomic mass is 10.00. The van der Waals surface area contributed by atoms with Crippen molar-refractivity contribution in [3.63, 3.8) is 0 Å². The number of piperidine rings is 1. The summed E-state index contributed by atoms with van der Waals surface area (Å²) in [6.07, 6.45) is 2.36. The third-order valence-electron chi connectivity index (χ3n) is 4.17. The van der Waals surface area contributed by atoms with Crippen molar-refractivity contribution in [2.45, 2.75) is 45.4 Å². The van der Waals surface area contributed by atoms with Crippen LogP contribution in [-0.4, -0.2) is 37.2 Å². The lowest BCUT2D eigenvalue weighted by molar-refractivity contribution is -0.0499. The third-order valence-corrected chi connectivity index (χ3v) is 4.17. The first-order valence-electron chi connectivity index (χ1n) is 7.63. The number of benzene rings is 1. The number of rotatable bonds is 6. The standard InChI is InChI=1S/C16H24F2N2O/c1-3-20(14-7-5-9-19-11-14)12(2)13-6-4-8-15(10-13)21-16(17)18/h4,6,8,10,12,14,16,19H,3,5,7,9,11H2,1-2H3. The van der Waals surface area contributed by atoms with Gasteiger partial charge in [-0.05, 0) is 50.6 Å². The molecule has 0 amide bonds. The molecule has 1 aromatic carbocycles. The van der Waals surface area contributed by atoms with Crippen molar-refractivity contribution in [1.29, 1.82) is 0 Å².